The average molecular weight is 350 g/mol. The van der Waals surface area contributed by atoms with Crippen molar-refractivity contribution in [2.75, 3.05) is 39.8 Å². The monoisotopic (exact) mass is 349 g/mol. The molecule has 6 heteroatoms. The Labute approximate surface area is 148 Å². The van der Waals surface area contributed by atoms with Crippen LogP contribution in [0.2, 0.25) is 5.02 Å². The maximum atomic E-state index is 12.8. The summed E-state index contributed by atoms with van der Waals surface area (Å²) in [6.45, 7) is 3.95. The molecular weight excluding hydrogens is 326 g/mol. The van der Waals surface area contributed by atoms with Gasteiger partial charge in [-0.15, -0.1) is 0 Å². The summed E-state index contributed by atoms with van der Waals surface area (Å²) in [6, 6.07) is 7.09. The fourth-order valence-corrected chi connectivity index (χ4v) is 3.67. The highest BCUT2D eigenvalue weighted by atomic mass is 35.5. The van der Waals surface area contributed by atoms with Crippen molar-refractivity contribution in [3.05, 3.63) is 34.9 Å². The molecule has 2 fully saturated rings. The fraction of sp³-hybridized carbons (Fsp3) is 0.556. The molecule has 5 nitrogen and oxygen atoms in total. The van der Waals surface area contributed by atoms with Crippen LogP contribution in [-0.2, 0) is 16.0 Å². The number of nitrogens with zero attached hydrogens (tertiary/aromatic N) is 3. The van der Waals surface area contributed by atoms with Crippen molar-refractivity contribution in [2.45, 2.75) is 25.3 Å². The quantitative estimate of drug-likeness (QED) is 0.833. The SMILES string of the molecule is CN1CCN(C(=O)[C@@H]2CCCN2C(=O)Cc2ccccc2Cl)CC1. The second-order valence-electron chi connectivity index (χ2n) is 6.64. The molecule has 2 heterocycles. The van der Waals surface area contributed by atoms with E-state index in [-0.39, 0.29) is 24.3 Å². The van der Waals surface area contributed by atoms with Gasteiger partial charge in [-0.1, -0.05) is 29.8 Å². The summed E-state index contributed by atoms with van der Waals surface area (Å²) >= 11 is 6.16. The van der Waals surface area contributed by atoms with Crippen LogP contribution < -0.4 is 0 Å². The highest BCUT2D eigenvalue weighted by Gasteiger charge is 2.37. The molecule has 24 heavy (non-hydrogen) atoms. The zero-order valence-corrected chi connectivity index (χ0v) is 14.8. The lowest BCUT2D eigenvalue weighted by atomic mass is 10.1. The van der Waals surface area contributed by atoms with Crippen LogP contribution in [0, 0.1) is 0 Å². The summed E-state index contributed by atoms with van der Waals surface area (Å²) in [4.78, 5) is 31.4. The summed E-state index contributed by atoms with van der Waals surface area (Å²) in [5.41, 5.74) is 0.821. The minimum Gasteiger partial charge on any atom is -0.338 e. The predicted molar refractivity (Wildman–Crippen MR) is 94.0 cm³/mol. The summed E-state index contributed by atoms with van der Waals surface area (Å²) in [5.74, 6) is 0.0983. The maximum Gasteiger partial charge on any atom is 0.245 e. The van der Waals surface area contributed by atoms with Crippen LogP contribution in [0.15, 0.2) is 24.3 Å². The number of likely N-dealkylation sites (tertiary alicyclic amines) is 1. The molecule has 1 aromatic carbocycles. The van der Waals surface area contributed by atoms with Crippen LogP contribution >= 0.6 is 11.6 Å². The first kappa shape index (κ1) is 17.2. The smallest absolute Gasteiger partial charge is 0.245 e. The van der Waals surface area contributed by atoms with Crippen molar-refractivity contribution in [1.29, 1.82) is 0 Å². The molecular formula is C18H24ClN3O2. The van der Waals surface area contributed by atoms with Gasteiger partial charge in [-0.2, -0.15) is 0 Å². The van der Waals surface area contributed by atoms with Crippen molar-refractivity contribution in [2.24, 2.45) is 0 Å². The van der Waals surface area contributed by atoms with Crippen molar-refractivity contribution in [3.63, 3.8) is 0 Å². The van der Waals surface area contributed by atoms with Crippen LogP contribution in [0.25, 0.3) is 0 Å². The highest BCUT2D eigenvalue weighted by Crippen LogP contribution is 2.23. The van der Waals surface area contributed by atoms with Crippen LogP contribution in [0.4, 0.5) is 0 Å². The summed E-state index contributed by atoms with van der Waals surface area (Å²) < 4.78 is 0. The van der Waals surface area contributed by atoms with Gasteiger partial charge in [-0.05, 0) is 31.5 Å². The minimum absolute atomic E-state index is 0.00641. The molecule has 0 radical (unpaired) electrons. The summed E-state index contributed by atoms with van der Waals surface area (Å²) in [6.07, 6.45) is 1.91. The van der Waals surface area contributed by atoms with E-state index in [1.807, 2.05) is 23.1 Å². The zero-order chi connectivity index (χ0) is 17.1. The molecule has 1 atom stereocenters. The molecule has 0 aromatic heterocycles. The fourth-order valence-electron chi connectivity index (χ4n) is 3.47. The number of hydrogen-bond acceptors (Lipinski definition) is 3. The van der Waals surface area contributed by atoms with Crippen LogP contribution in [0.3, 0.4) is 0 Å². The molecule has 3 rings (SSSR count). The Morgan fingerprint density at radius 2 is 1.83 bits per heavy atom. The Balaban J connectivity index is 1.65. The first-order valence-electron chi connectivity index (χ1n) is 8.56. The number of benzene rings is 1. The summed E-state index contributed by atoms with van der Waals surface area (Å²) in [7, 11) is 2.07. The van der Waals surface area contributed by atoms with Gasteiger partial charge in [0.2, 0.25) is 11.8 Å². The zero-order valence-electron chi connectivity index (χ0n) is 14.1. The molecule has 0 saturated carbocycles. The lowest BCUT2D eigenvalue weighted by Gasteiger charge is -2.35. The number of carbonyl (C=O) groups excluding carboxylic acids is 2. The number of hydrogen-bond donors (Lipinski definition) is 0. The highest BCUT2D eigenvalue weighted by molar-refractivity contribution is 6.31. The van der Waals surface area contributed by atoms with Crippen molar-refractivity contribution >= 4 is 23.4 Å². The number of piperazine rings is 1. The molecule has 2 saturated heterocycles. The lowest BCUT2D eigenvalue weighted by molar-refractivity contribution is -0.144. The molecule has 0 aliphatic carbocycles. The second kappa shape index (κ2) is 7.53. The van der Waals surface area contributed by atoms with Crippen molar-refractivity contribution < 1.29 is 9.59 Å². The standard InChI is InChI=1S/C18H24ClN3O2/c1-20-9-11-21(12-10-20)18(24)16-7-4-8-22(16)17(23)13-14-5-2-3-6-15(14)19/h2-3,5-6,16H,4,7-13H2,1H3/t16-/m0/s1. The second-order valence-corrected chi connectivity index (χ2v) is 7.05. The van der Waals surface area contributed by atoms with Gasteiger partial charge in [0.05, 0.1) is 6.42 Å². The number of halogens is 1. The number of likely N-dealkylation sites (N-methyl/N-ethyl adjacent to an activating group) is 1. The lowest BCUT2D eigenvalue weighted by Crippen LogP contribution is -2.53. The van der Waals surface area contributed by atoms with E-state index < -0.39 is 0 Å². The Hall–Kier alpha value is -1.59. The molecule has 0 bridgehead atoms. The minimum atomic E-state index is -0.302. The van der Waals surface area contributed by atoms with Gasteiger partial charge in [-0.3, -0.25) is 9.59 Å². The van der Waals surface area contributed by atoms with Gasteiger partial charge in [0.15, 0.2) is 0 Å². The summed E-state index contributed by atoms with van der Waals surface area (Å²) in [5, 5.41) is 0.604. The topological polar surface area (TPSA) is 43.9 Å². The number of carbonyl (C=O) groups is 2. The first-order valence-corrected chi connectivity index (χ1v) is 8.94. The van der Waals surface area contributed by atoms with E-state index in [9.17, 15) is 9.59 Å². The Kier molecular flexibility index (Phi) is 5.41. The van der Waals surface area contributed by atoms with Gasteiger partial charge in [0.25, 0.3) is 0 Å². The molecule has 2 aliphatic heterocycles. The Bertz CT molecular complexity index is 614. The molecule has 2 amide bonds. The maximum absolute atomic E-state index is 12.8. The molecule has 0 unspecified atom stereocenters. The Morgan fingerprint density at radius 3 is 2.54 bits per heavy atom. The van der Waals surface area contributed by atoms with Gasteiger partial charge in [0.1, 0.15) is 6.04 Å². The molecule has 0 spiro atoms. The average Bonchev–Trinajstić information content (AvgIpc) is 3.07. The third kappa shape index (κ3) is 3.73. The molecule has 2 aliphatic rings. The Morgan fingerprint density at radius 1 is 1.12 bits per heavy atom. The van der Waals surface area contributed by atoms with E-state index in [4.69, 9.17) is 11.6 Å². The third-order valence-corrected chi connectivity index (χ3v) is 5.34. The number of rotatable bonds is 3. The van der Waals surface area contributed by atoms with Gasteiger partial charge >= 0.3 is 0 Å². The third-order valence-electron chi connectivity index (χ3n) is 4.97. The first-order chi connectivity index (χ1) is 11.6. The van der Waals surface area contributed by atoms with Gasteiger partial charge in [-0.25, -0.2) is 0 Å². The van der Waals surface area contributed by atoms with Crippen molar-refractivity contribution in [1.82, 2.24) is 14.7 Å². The van der Waals surface area contributed by atoms with E-state index in [2.05, 4.69) is 11.9 Å². The van der Waals surface area contributed by atoms with Gasteiger partial charge in [0, 0.05) is 37.7 Å². The predicted octanol–water partition coefficient (Wildman–Crippen LogP) is 1.65. The van der Waals surface area contributed by atoms with Gasteiger partial charge < -0.3 is 14.7 Å². The molecule has 0 N–H and O–H groups in total. The molecule has 130 valence electrons. The van der Waals surface area contributed by atoms with E-state index >= 15 is 0 Å². The molecule has 1 aromatic rings. The van der Waals surface area contributed by atoms with Crippen LogP contribution in [0.1, 0.15) is 18.4 Å². The van der Waals surface area contributed by atoms with Crippen LogP contribution in [0.5, 0.6) is 0 Å². The normalized spacial score (nSPS) is 22.0. The number of amides is 2. The van der Waals surface area contributed by atoms with E-state index in [0.29, 0.717) is 11.6 Å². The van der Waals surface area contributed by atoms with Crippen LogP contribution in [-0.4, -0.2) is 72.3 Å². The van der Waals surface area contributed by atoms with E-state index in [1.54, 1.807) is 11.0 Å². The largest absolute Gasteiger partial charge is 0.338 e. The van der Waals surface area contributed by atoms with E-state index in [1.165, 1.54) is 0 Å². The van der Waals surface area contributed by atoms with E-state index in [0.717, 1.165) is 44.6 Å². The van der Waals surface area contributed by atoms with Crippen molar-refractivity contribution in [3.8, 4) is 0 Å².